The van der Waals surface area contributed by atoms with Gasteiger partial charge in [-0.05, 0) is 43.8 Å². The lowest BCUT2D eigenvalue weighted by Crippen LogP contribution is -2.52. The first kappa shape index (κ1) is 17.8. The van der Waals surface area contributed by atoms with Crippen molar-refractivity contribution in [2.75, 3.05) is 0 Å². The number of hydrogen-bond acceptors (Lipinski definition) is 5. The largest absolute Gasteiger partial charge is 0.485 e. The van der Waals surface area contributed by atoms with Crippen LogP contribution in [0.5, 0.6) is 5.75 Å². The Morgan fingerprint density at radius 3 is 2.68 bits per heavy atom. The number of aliphatic hydroxyl groups excluding tert-OH is 1. The molecule has 0 fully saturated rings. The highest BCUT2D eigenvalue weighted by atomic mass is 32.2. The topological polar surface area (TPSA) is 64.4 Å². The van der Waals surface area contributed by atoms with Crippen LogP contribution >= 0.6 is 11.8 Å². The van der Waals surface area contributed by atoms with Crippen molar-refractivity contribution in [2.45, 2.75) is 42.0 Å². The van der Waals surface area contributed by atoms with E-state index in [1.807, 2.05) is 0 Å². The summed E-state index contributed by atoms with van der Waals surface area (Å²) in [4.78, 5) is 16.0. The smallest absolute Gasteiger partial charge is 0.446 e. The number of rotatable bonds is 2. The molecule has 134 valence electrons. The van der Waals surface area contributed by atoms with E-state index >= 15 is 0 Å². The summed E-state index contributed by atoms with van der Waals surface area (Å²) < 4.78 is 45.0. The molecule has 1 aromatic heterocycles. The molecule has 0 spiro atoms. The first-order valence-electron chi connectivity index (χ1n) is 7.37. The fourth-order valence-corrected chi connectivity index (χ4v) is 3.40. The fourth-order valence-electron chi connectivity index (χ4n) is 2.81. The number of halogens is 3. The van der Waals surface area contributed by atoms with Crippen LogP contribution in [0.2, 0.25) is 0 Å². The zero-order valence-corrected chi connectivity index (χ0v) is 14.1. The van der Waals surface area contributed by atoms with Crippen molar-refractivity contribution < 1.29 is 23.0 Å². The van der Waals surface area contributed by atoms with Crippen LogP contribution < -0.4 is 10.3 Å². The molecule has 1 aliphatic heterocycles. The van der Waals surface area contributed by atoms with E-state index in [0.29, 0.717) is 11.3 Å². The Bertz CT molecular complexity index is 851. The molecular weight excluding hydrogens is 357 g/mol. The van der Waals surface area contributed by atoms with Crippen molar-refractivity contribution in [3.8, 4) is 5.75 Å². The summed E-state index contributed by atoms with van der Waals surface area (Å²) in [5, 5.41) is 10.7. The Balaban J connectivity index is 2.16. The highest BCUT2D eigenvalue weighted by Gasteiger charge is 2.44. The molecule has 1 aliphatic rings. The Labute approximate surface area is 145 Å². The van der Waals surface area contributed by atoms with E-state index in [0.717, 1.165) is 0 Å². The molecule has 2 atom stereocenters. The Morgan fingerprint density at radius 1 is 1.32 bits per heavy atom. The number of ether oxygens (including phenoxy) is 1. The van der Waals surface area contributed by atoms with E-state index in [1.54, 1.807) is 13.8 Å². The number of benzene rings is 1. The molecule has 1 N–H and O–H groups in total. The summed E-state index contributed by atoms with van der Waals surface area (Å²) in [6.45, 7) is 3.29. The monoisotopic (exact) mass is 372 g/mol. The molecule has 25 heavy (non-hydrogen) atoms. The van der Waals surface area contributed by atoms with Crippen molar-refractivity contribution in [3.63, 3.8) is 0 Å². The van der Waals surface area contributed by atoms with Crippen LogP contribution in [0.25, 0.3) is 0 Å². The first-order chi connectivity index (χ1) is 11.6. The number of aromatic nitrogens is 2. The average molecular weight is 372 g/mol. The lowest BCUT2D eigenvalue weighted by Gasteiger charge is -2.42. The molecule has 3 rings (SSSR count). The lowest BCUT2D eigenvalue weighted by atomic mass is 9.86. The van der Waals surface area contributed by atoms with Gasteiger partial charge in [0.25, 0.3) is 5.56 Å². The number of alkyl halides is 3. The minimum absolute atomic E-state index is 0.0521. The molecule has 2 aromatic rings. The van der Waals surface area contributed by atoms with E-state index in [1.165, 1.54) is 41.4 Å². The van der Waals surface area contributed by atoms with Crippen LogP contribution in [-0.2, 0) is 0 Å². The van der Waals surface area contributed by atoms with E-state index in [-0.39, 0.29) is 16.7 Å². The zero-order valence-electron chi connectivity index (χ0n) is 13.3. The molecule has 0 saturated heterocycles. The van der Waals surface area contributed by atoms with Gasteiger partial charge in [-0.1, -0.05) is 0 Å². The van der Waals surface area contributed by atoms with Crippen molar-refractivity contribution in [3.05, 3.63) is 52.7 Å². The predicted molar refractivity (Wildman–Crippen MR) is 85.7 cm³/mol. The molecule has 0 amide bonds. The van der Waals surface area contributed by atoms with Gasteiger partial charge in [-0.2, -0.15) is 13.2 Å². The second-order valence-corrected chi connectivity index (χ2v) is 7.31. The van der Waals surface area contributed by atoms with Gasteiger partial charge in [0.15, 0.2) is 0 Å². The Morgan fingerprint density at radius 2 is 2.04 bits per heavy atom. The van der Waals surface area contributed by atoms with Gasteiger partial charge in [-0.25, -0.2) is 4.98 Å². The highest BCUT2D eigenvalue weighted by molar-refractivity contribution is 8.00. The van der Waals surface area contributed by atoms with Crippen molar-refractivity contribution in [1.29, 1.82) is 0 Å². The number of fused-ring (bicyclic) bond motifs is 1. The van der Waals surface area contributed by atoms with Crippen LogP contribution in [0.3, 0.4) is 0 Å². The van der Waals surface area contributed by atoms with Crippen LogP contribution in [0, 0.1) is 0 Å². The summed E-state index contributed by atoms with van der Waals surface area (Å²) in [6.07, 6.45) is 1.41. The quantitative estimate of drug-likeness (QED) is 0.821. The van der Waals surface area contributed by atoms with E-state index < -0.39 is 28.8 Å². The summed E-state index contributed by atoms with van der Waals surface area (Å²) in [5.41, 5.74) is -5.60. The molecule has 0 bridgehead atoms. The van der Waals surface area contributed by atoms with E-state index in [2.05, 4.69) is 4.98 Å². The third-order valence-electron chi connectivity index (χ3n) is 3.97. The summed E-state index contributed by atoms with van der Waals surface area (Å²) in [5.74, 6) is 0.322. The van der Waals surface area contributed by atoms with Gasteiger partial charge in [0.2, 0.25) is 0 Å². The van der Waals surface area contributed by atoms with Gasteiger partial charge in [-0.15, -0.1) is 0 Å². The average Bonchev–Trinajstić information content (AvgIpc) is 2.49. The van der Waals surface area contributed by atoms with Crippen LogP contribution in [-0.4, -0.2) is 31.9 Å². The van der Waals surface area contributed by atoms with Crippen molar-refractivity contribution in [2.24, 2.45) is 0 Å². The van der Waals surface area contributed by atoms with Crippen molar-refractivity contribution in [1.82, 2.24) is 9.55 Å². The maximum atomic E-state index is 12.7. The minimum Gasteiger partial charge on any atom is -0.485 e. The predicted octanol–water partition coefficient (Wildman–Crippen LogP) is 2.98. The van der Waals surface area contributed by atoms with E-state index in [4.69, 9.17) is 4.74 Å². The molecule has 0 unspecified atom stereocenters. The maximum absolute atomic E-state index is 12.7. The van der Waals surface area contributed by atoms with Gasteiger partial charge < -0.3 is 9.84 Å². The second-order valence-electron chi connectivity index (χ2n) is 6.17. The van der Waals surface area contributed by atoms with Gasteiger partial charge in [-0.3, -0.25) is 9.36 Å². The molecule has 2 heterocycles. The third-order valence-corrected chi connectivity index (χ3v) is 4.69. The molecule has 0 aliphatic carbocycles. The fraction of sp³-hybridized carbons (Fsp3) is 0.375. The molecule has 9 heteroatoms. The van der Waals surface area contributed by atoms with Crippen LogP contribution in [0.4, 0.5) is 13.2 Å². The van der Waals surface area contributed by atoms with Gasteiger partial charge >= 0.3 is 5.51 Å². The second kappa shape index (κ2) is 6.06. The minimum atomic E-state index is -4.44. The Kier molecular flexibility index (Phi) is 4.32. The standard InChI is InChI=1S/C16H15F3N2O3S/c1-15(2)14(23)13(21-8-20-6-5-12(21)22)10-7-9(25-16(17,18)19)3-4-11(10)24-15/h3-8,13-14,23H,1-2H3/t13-,14+/m1/s1. The normalized spacial score (nSPS) is 22.2. The molecule has 0 saturated carbocycles. The molecular formula is C16H15F3N2O3S. The molecule has 5 nitrogen and oxygen atoms in total. The van der Waals surface area contributed by atoms with Crippen molar-refractivity contribution >= 4 is 11.8 Å². The molecule has 0 radical (unpaired) electrons. The summed E-state index contributed by atoms with van der Waals surface area (Å²) in [6, 6.07) is 4.33. The first-order valence-corrected chi connectivity index (χ1v) is 8.19. The maximum Gasteiger partial charge on any atom is 0.446 e. The lowest BCUT2D eigenvalue weighted by molar-refractivity contribution is -0.0645. The van der Waals surface area contributed by atoms with Gasteiger partial charge in [0.05, 0.1) is 12.4 Å². The number of hydrogen-bond donors (Lipinski definition) is 1. The number of thioether (sulfide) groups is 1. The number of aliphatic hydroxyl groups is 1. The third kappa shape index (κ3) is 3.52. The SMILES string of the molecule is CC1(C)Oc2ccc(SC(F)(F)F)cc2[C@@H](n2cnccc2=O)[C@@H]1O. The van der Waals surface area contributed by atoms with Crippen LogP contribution in [0.15, 0.2) is 46.5 Å². The van der Waals surface area contributed by atoms with Crippen LogP contribution in [0.1, 0.15) is 25.5 Å². The zero-order chi connectivity index (χ0) is 18.4. The van der Waals surface area contributed by atoms with Gasteiger partial charge in [0, 0.05) is 22.7 Å². The summed E-state index contributed by atoms with van der Waals surface area (Å²) in [7, 11) is 0. The Hall–Kier alpha value is -2.00. The van der Waals surface area contributed by atoms with Gasteiger partial charge in [0.1, 0.15) is 17.5 Å². The molecule has 1 aromatic carbocycles. The summed E-state index contributed by atoms with van der Waals surface area (Å²) >= 11 is -0.264. The van der Waals surface area contributed by atoms with E-state index in [9.17, 15) is 23.1 Å². The highest BCUT2D eigenvalue weighted by Crippen LogP contribution is 2.45. The number of nitrogens with zero attached hydrogens (tertiary/aromatic N) is 2.